The van der Waals surface area contributed by atoms with Crippen LogP contribution in [0.25, 0.3) is 0 Å². The summed E-state index contributed by atoms with van der Waals surface area (Å²) in [5.41, 5.74) is 0.257. The van der Waals surface area contributed by atoms with Crippen LogP contribution >= 0.6 is 0 Å². The summed E-state index contributed by atoms with van der Waals surface area (Å²) in [5, 5.41) is 20.2. The Kier molecular flexibility index (Phi) is 3.31. The highest BCUT2D eigenvalue weighted by Crippen LogP contribution is 2.27. The first kappa shape index (κ1) is 12.2. The van der Waals surface area contributed by atoms with E-state index >= 15 is 0 Å². The second-order valence-corrected chi connectivity index (χ2v) is 3.81. The number of aryl methyl sites for hydroxylation is 1. The molecule has 0 aliphatic heterocycles. The van der Waals surface area contributed by atoms with E-state index in [9.17, 15) is 9.18 Å². The molecular weight excluding hydrogens is 239 g/mol. The van der Waals surface area contributed by atoms with Crippen LogP contribution in [0.2, 0.25) is 0 Å². The summed E-state index contributed by atoms with van der Waals surface area (Å²) in [6, 6.07) is 5.99. The van der Waals surface area contributed by atoms with Gasteiger partial charge in [-0.15, -0.1) is 10.2 Å². The summed E-state index contributed by atoms with van der Waals surface area (Å²) in [4.78, 5) is 12.1. The van der Waals surface area contributed by atoms with Gasteiger partial charge in [-0.25, -0.2) is 4.39 Å². The van der Waals surface area contributed by atoms with Gasteiger partial charge in [0.05, 0.1) is 19.4 Å². The molecular formula is C11H11FN4O2. The number of tetrazole rings is 1. The molecule has 18 heavy (non-hydrogen) atoms. The number of carboxylic acids is 1. The van der Waals surface area contributed by atoms with E-state index in [1.165, 1.54) is 16.9 Å². The Balaban J connectivity index is 2.43. The maximum atomic E-state index is 13.7. The van der Waals surface area contributed by atoms with Gasteiger partial charge in [0.15, 0.2) is 5.82 Å². The van der Waals surface area contributed by atoms with Crippen LogP contribution in [-0.2, 0) is 11.8 Å². The second-order valence-electron chi connectivity index (χ2n) is 3.81. The van der Waals surface area contributed by atoms with Crippen molar-refractivity contribution in [1.29, 1.82) is 0 Å². The van der Waals surface area contributed by atoms with E-state index in [0.29, 0.717) is 0 Å². The topological polar surface area (TPSA) is 80.9 Å². The van der Waals surface area contributed by atoms with E-state index < -0.39 is 17.7 Å². The van der Waals surface area contributed by atoms with Crippen LogP contribution in [0.15, 0.2) is 24.3 Å². The third-order valence-corrected chi connectivity index (χ3v) is 2.49. The fraction of sp³-hybridized carbons (Fsp3) is 0.273. The highest BCUT2D eigenvalue weighted by Gasteiger charge is 2.24. The lowest BCUT2D eigenvalue weighted by Crippen LogP contribution is -2.11. The maximum Gasteiger partial charge on any atom is 0.304 e. The molecule has 1 aromatic heterocycles. The Morgan fingerprint density at radius 2 is 2.22 bits per heavy atom. The molecule has 1 heterocycles. The van der Waals surface area contributed by atoms with Gasteiger partial charge in [-0.05, 0) is 16.8 Å². The number of nitrogens with zero attached hydrogens (tertiary/aromatic N) is 4. The number of aromatic nitrogens is 4. The van der Waals surface area contributed by atoms with Crippen molar-refractivity contribution in [3.05, 3.63) is 41.5 Å². The quantitative estimate of drug-likeness (QED) is 0.873. The van der Waals surface area contributed by atoms with Gasteiger partial charge >= 0.3 is 5.97 Å². The van der Waals surface area contributed by atoms with Gasteiger partial charge in [0.2, 0.25) is 0 Å². The van der Waals surface area contributed by atoms with Crippen LogP contribution in [0, 0.1) is 5.82 Å². The monoisotopic (exact) mass is 250 g/mol. The molecule has 1 unspecified atom stereocenters. The van der Waals surface area contributed by atoms with E-state index in [1.54, 1.807) is 19.2 Å². The van der Waals surface area contributed by atoms with E-state index in [2.05, 4.69) is 15.4 Å². The van der Waals surface area contributed by atoms with Crippen molar-refractivity contribution in [3.8, 4) is 0 Å². The summed E-state index contributed by atoms with van der Waals surface area (Å²) in [7, 11) is 1.57. The summed E-state index contributed by atoms with van der Waals surface area (Å²) in [5.74, 6) is -2.06. The van der Waals surface area contributed by atoms with Crippen LogP contribution in [0.4, 0.5) is 4.39 Å². The Bertz CT molecular complexity index is 570. The van der Waals surface area contributed by atoms with Crippen molar-refractivity contribution in [2.75, 3.05) is 0 Å². The molecule has 2 aromatic rings. The van der Waals surface area contributed by atoms with Crippen molar-refractivity contribution >= 4 is 5.97 Å². The first-order chi connectivity index (χ1) is 8.58. The molecule has 2 rings (SSSR count). The van der Waals surface area contributed by atoms with Crippen molar-refractivity contribution in [1.82, 2.24) is 20.2 Å². The average molecular weight is 250 g/mol. The number of benzene rings is 1. The Morgan fingerprint density at radius 3 is 2.78 bits per heavy atom. The second kappa shape index (κ2) is 4.91. The van der Waals surface area contributed by atoms with E-state index in [-0.39, 0.29) is 17.8 Å². The van der Waals surface area contributed by atoms with E-state index in [4.69, 9.17) is 5.11 Å². The van der Waals surface area contributed by atoms with Crippen molar-refractivity contribution in [2.24, 2.45) is 7.05 Å². The molecule has 0 saturated heterocycles. The largest absolute Gasteiger partial charge is 0.481 e. The molecule has 6 nitrogen and oxygen atoms in total. The van der Waals surface area contributed by atoms with E-state index in [1.807, 2.05) is 0 Å². The van der Waals surface area contributed by atoms with Crippen LogP contribution in [0.5, 0.6) is 0 Å². The van der Waals surface area contributed by atoms with Gasteiger partial charge in [0.25, 0.3) is 0 Å². The lowest BCUT2D eigenvalue weighted by Gasteiger charge is -2.11. The summed E-state index contributed by atoms with van der Waals surface area (Å²) < 4.78 is 13.7. The molecule has 0 aliphatic rings. The minimum Gasteiger partial charge on any atom is -0.481 e. The molecule has 0 amide bonds. The molecule has 0 bridgehead atoms. The zero-order chi connectivity index (χ0) is 13.1. The summed E-state index contributed by atoms with van der Waals surface area (Å²) >= 11 is 0. The standard InChI is InChI=1S/C11H11FN4O2/c1-16-14-11(13-15-16)8(6-10(17)18)7-4-2-3-5-9(7)12/h2-5,8H,6H2,1H3,(H,17,18). The highest BCUT2D eigenvalue weighted by molar-refractivity contribution is 5.68. The molecule has 1 aromatic carbocycles. The SMILES string of the molecule is Cn1nnc(C(CC(=O)O)c2ccccc2F)n1. The first-order valence-electron chi connectivity index (χ1n) is 5.28. The molecule has 94 valence electrons. The Hall–Kier alpha value is -2.31. The zero-order valence-corrected chi connectivity index (χ0v) is 9.62. The molecule has 0 radical (unpaired) electrons. The highest BCUT2D eigenvalue weighted by atomic mass is 19.1. The number of carbonyl (C=O) groups is 1. The van der Waals surface area contributed by atoms with Gasteiger partial charge < -0.3 is 5.11 Å². The van der Waals surface area contributed by atoms with Crippen LogP contribution < -0.4 is 0 Å². The fourth-order valence-electron chi connectivity index (χ4n) is 1.71. The average Bonchev–Trinajstić information content (AvgIpc) is 2.73. The minimum atomic E-state index is -1.05. The van der Waals surface area contributed by atoms with Gasteiger partial charge in [0, 0.05) is 0 Å². The predicted octanol–water partition coefficient (Wildman–Crippen LogP) is 0.956. The van der Waals surface area contributed by atoms with Crippen molar-refractivity contribution in [2.45, 2.75) is 12.3 Å². The number of rotatable bonds is 4. The van der Waals surface area contributed by atoms with Gasteiger partial charge in [-0.2, -0.15) is 4.80 Å². The third-order valence-electron chi connectivity index (χ3n) is 2.49. The number of aliphatic carboxylic acids is 1. The molecule has 0 aliphatic carbocycles. The van der Waals surface area contributed by atoms with Gasteiger partial charge in [0.1, 0.15) is 5.82 Å². The number of halogens is 1. The van der Waals surface area contributed by atoms with Crippen LogP contribution in [0.3, 0.4) is 0 Å². The zero-order valence-electron chi connectivity index (χ0n) is 9.62. The number of hydrogen-bond acceptors (Lipinski definition) is 4. The fourth-order valence-corrected chi connectivity index (χ4v) is 1.71. The third kappa shape index (κ3) is 2.50. The smallest absolute Gasteiger partial charge is 0.304 e. The van der Waals surface area contributed by atoms with E-state index in [0.717, 1.165) is 0 Å². The lowest BCUT2D eigenvalue weighted by molar-refractivity contribution is -0.137. The molecule has 7 heteroatoms. The number of hydrogen-bond donors (Lipinski definition) is 1. The molecule has 1 N–H and O–H groups in total. The lowest BCUT2D eigenvalue weighted by atomic mass is 9.94. The van der Waals surface area contributed by atoms with Crippen LogP contribution in [0.1, 0.15) is 23.7 Å². The molecule has 0 fully saturated rings. The Labute approximate surface area is 102 Å². The van der Waals surface area contributed by atoms with Crippen LogP contribution in [-0.4, -0.2) is 31.3 Å². The Morgan fingerprint density at radius 1 is 1.50 bits per heavy atom. The number of carboxylic acid groups (broad SMARTS) is 1. The summed E-state index contributed by atoms with van der Waals surface area (Å²) in [6.07, 6.45) is -0.285. The van der Waals surface area contributed by atoms with Gasteiger partial charge in [-0.3, -0.25) is 4.79 Å². The molecule has 0 spiro atoms. The maximum absolute atomic E-state index is 13.7. The summed E-state index contributed by atoms with van der Waals surface area (Å²) in [6.45, 7) is 0. The molecule has 0 saturated carbocycles. The van der Waals surface area contributed by atoms with Gasteiger partial charge in [-0.1, -0.05) is 18.2 Å². The van der Waals surface area contributed by atoms with Crippen molar-refractivity contribution < 1.29 is 14.3 Å². The minimum absolute atomic E-state index is 0.199. The van der Waals surface area contributed by atoms with Crippen molar-refractivity contribution in [3.63, 3.8) is 0 Å². The normalized spacial score (nSPS) is 12.3. The predicted molar refractivity (Wildman–Crippen MR) is 59.3 cm³/mol. The first-order valence-corrected chi connectivity index (χ1v) is 5.28. The molecule has 1 atom stereocenters.